The SMILES string of the molecule is CCOC(=O)c1ccccc1-c1c2ccc(=O)cc-2oc2cc(OCC(=O)OC)ccc12.CNC(=O)CCNC(=O)OCC1c2ccccc2-c2ccccc21. The Balaban J connectivity index is 0.000000198. The summed E-state index contributed by atoms with van der Waals surface area (Å²) in [6.07, 6.45) is -0.262. The third-order valence-corrected chi connectivity index (χ3v) is 9.18. The van der Waals surface area contributed by atoms with E-state index >= 15 is 0 Å². The summed E-state index contributed by atoms with van der Waals surface area (Å²) >= 11 is 0. The highest BCUT2D eigenvalue weighted by Crippen LogP contribution is 2.45. The van der Waals surface area contributed by atoms with Gasteiger partial charge in [0.2, 0.25) is 5.91 Å². The number of methoxy groups -OCH3 is 1. The Morgan fingerprint density at radius 2 is 1.45 bits per heavy atom. The van der Waals surface area contributed by atoms with E-state index < -0.39 is 18.0 Å². The number of hydrogen-bond donors (Lipinski definition) is 2. The van der Waals surface area contributed by atoms with Gasteiger partial charge in [-0.05, 0) is 65.1 Å². The van der Waals surface area contributed by atoms with E-state index in [1.807, 2.05) is 36.4 Å². The standard InChI is InChI=1S/C25H20O7.C19H20N2O3/c1-3-30-25(28)18-7-5-4-6-17(18)24-19-10-8-15(26)12-21(19)32-22-13-16(9-11-20(22)24)31-14-23(27)29-2;1-20-18(22)10-11-21-19(23)24-12-17-15-8-4-2-6-13(15)14-7-3-5-9-16(14)17/h4-13H,3,14H2,1-2H3;2-9,17H,10-12H2,1H3,(H,20,22)(H,21,23). The molecule has 1 aliphatic heterocycles. The molecule has 3 aliphatic rings. The smallest absolute Gasteiger partial charge is 0.407 e. The predicted octanol–water partition coefficient (Wildman–Crippen LogP) is 6.95. The molecule has 0 spiro atoms. The van der Waals surface area contributed by atoms with Gasteiger partial charge in [0.05, 0.1) is 19.3 Å². The van der Waals surface area contributed by atoms with E-state index in [0.29, 0.717) is 39.2 Å². The van der Waals surface area contributed by atoms with E-state index in [0.717, 1.165) is 5.56 Å². The molecule has 0 atom stereocenters. The molecule has 0 bridgehead atoms. The Bertz CT molecular complexity index is 2370. The van der Waals surface area contributed by atoms with Crippen LogP contribution in [0.25, 0.3) is 44.5 Å². The van der Waals surface area contributed by atoms with Gasteiger partial charge in [0, 0.05) is 54.6 Å². The summed E-state index contributed by atoms with van der Waals surface area (Å²) in [5.74, 6) is -0.266. The van der Waals surface area contributed by atoms with Crippen molar-refractivity contribution in [2.45, 2.75) is 19.3 Å². The van der Waals surface area contributed by atoms with Gasteiger partial charge in [0.25, 0.3) is 0 Å². The maximum atomic E-state index is 12.6. The van der Waals surface area contributed by atoms with Crippen LogP contribution < -0.4 is 20.8 Å². The maximum absolute atomic E-state index is 12.6. The number of carbonyl (C=O) groups is 4. The number of hydrogen-bond acceptors (Lipinski definition) is 10. The molecule has 4 aromatic carbocycles. The lowest BCUT2D eigenvalue weighted by atomic mass is 9.91. The van der Waals surface area contributed by atoms with Crippen LogP contribution in [0.5, 0.6) is 5.75 Å². The van der Waals surface area contributed by atoms with E-state index in [4.69, 9.17) is 18.6 Å². The van der Waals surface area contributed by atoms with Crippen molar-refractivity contribution in [3.05, 3.63) is 136 Å². The zero-order valence-electron chi connectivity index (χ0n) is 31.1. The van der Waals surface area contributed by atoms with Crippen LogP contribution in [0.3, 0.4) is 0 Å². The second kappa shape index (κ2) is 17.9. The average molecular weight is 757 g/mol. The first-order valence-electron chi connectivity index (χ1n) is 18.0. The molecule has 286 valence electrons. The molecule has 56 heavy (non-hydrogen) atoms. The second-order valence-corrected chi connectivity index (χ2v) is 12.6. The van der Waals surface area contributed by atoms with Crippen molar-refractivity contribution in [1.29, 1.82) is 0 Å². The van der Waals surface area contributed by atoms with Gasteiger partial charge in [-0.15, -0.1) is 0 Å². The molecule has 0 unspecified atom stereocenters. The third kappa shape index (κ3) is 8.71. The molecule has 0 aromatic heterocycles. The Labute approximate surface area is 322 Å². The van der Waals surface area contributed by atoms with Gasteiger partial charge in [-0.25, -0.2) is 14.4 Å². The van der Waals surface area contributed by atoms with Gasteiger partial charge in [-0.2, -0.15) is 0 Å². The molecule has 12 nitrogen and oxygen atoms in total. The number of fused-ring (bicyclic) bond motifs is 5. The summed E-state index contributed by atoms with van der Waals surface area (Å²) in [6, 6.07) is 33.1. The fraction of sp³-hybridized carbons (Fsp3) is 0.205. The highest BCUT2D eigenvalue weighted by molar-refractivity contribution is 6.08. The van der Waals surface area contributed by atoms with Crippen LogP contribution >= 0.6 is 0 Å². The van der Waals surface area contributed by atoms with E-state index in [-0.39, 0.29) is 50.0 Å². The van der Waals surface area contributed by atoms with Crippen LogP contribution in [0.1, 0.15) is 40.7 Å². The van der Waals surface area contributed by atoms with Crippen LogP contribution in [0, 0.1) is 0 Å². The highest BCUT2D eigenvalue weighted by atomic mass is 16.6. The highest BCUT2D eigenvalue weighted by Gasteiger charge is 2.29. The molecule has 4 aromatic rings. The van der Waals surface area contributed by atoms with Crippen molar-refractivity contribution in [3.8, 4) is 39.3 Å². The lowest BCUT2D eigenvalue weighted by Crippen LogP contribution is -2.30. The van der Waals surface area contributed by atoms with Crippen molar-refractivity contribution in [3.63, 3.8) is 0 Å². The first-order valence-corrected chi connectivity index (χ1v) is 18.0. The molecule has 2 N–H and O–H groups in total. The van der Waals surface area contributed by atoms with Crippen molar-refractivity contribution < 1.29 is 42.5 Å². The summed E-state index contributed by atoms with van der Waals surface area (Å²) in [6.45, 7) is 2.28. The van der Waals surface area contributed by atoms with Crippen molar-refractivity contribution >= 4 is 34.9 Å². The Kier molecular flexibility index (Phi) is 12.4. The van der Waals surface area contributed by atoms with Gasteiger partial charge in [0.15, 0.2) is 12.0 Å². The van der Waals surface area contributed by atoms with Crippen molar-refractivity contribution in [2.75, 3.05) is 40.5 Å². The molecule has 1 heterocycles. The summed E-state index contributed by atoms with van der Waals surface area (Å²) in [5, 5.41) is 5.81. The van der Waals surface area contributed by atoms with Crippen LogP contribution in [-0.4, -0.2) is 64.5 Å². The third-order valence-electron chi connectivity index (χ3n) is 9.18. The molecule has 0 fully saturated rings. The van der Waals surface area contributed by atoms with Crippen molar-refractivity contribution in [1.82, 2.24) is 10.6 Å². The second-order valence-electron chi connectivity index (χ2n) is 12.6. The largest absolute Gasteiger partial charge is 0.482 e. The Hall–Kier alpha value is -6.95. The molecule has 0 saturated heterocycles. The quantitative estimate of drug-likeness (QED) is 0.0805. The van der Waals surface area contributed by atoms with Crippen LogP contribution in [-0.2, 0) is 23.8 Å². The van der Waals surface area contributed by atoms with Gasteiger partial charge < -0.3 is 34.0 Å². The Morgan fingerprint density at radius 3 is 2.12 bits per heavy atom. The number of esters is 2. The number of benzene rings is 5. The van der Waals surface area contributed by atoms with E-state index in [2.05, 4.69) is 39.6 Å². The van der Waals surface area contributed by atoms with E-state index in [1.54, 1.807) is 50.4 Å². The monoisotopic (exact) mass is 756 g/mol. The van der Waals surface area contributed by atoms with Gasteiger partial charge >= 0.3 is 18.0 Å². The first-order chi connectivity index (χ1) is 27.2. The number of ether oxygens (including phenoxy) is 4. The minimum atomic E-state index is -0.513. The lowest BCUT2D eigenvalue weighted by molar-refractivity contribution is -0.142. The summed E-state index contributed by atoms with van der Waals surface area (Å²) in [7, 11) is 2.84. The van der Waals surface area contributed by atoms with Crippen LogP contribution in [0.15, 0.2) is 118 Å². The first kappa shape index (κ1) is 38.8. The minimum Gasteiger partial charge on any atom is -0.482 e. The molecule has 2 aliphatic carbocycles. The molecule has 0 saturated carbocycles. The molecular formula is C44H40N2O10. The fourth-order valence-corrected chi connectivity index (χ4v) is 6.57. The van der Waals surface area contributed by atoms with E-state index in [1.165, 1.54) is 41.5 Å². The number of carbonyl (C=O) groups excluding carboxylic acids is 4. The predicted molar refractivity (Wildman–Crippen MR) is 210 cm³/mol. The number of alkyl carbamates (subject to hydrolysis) is 1. The Morgan fingerprint density at radius 1 is 0.768 bits per heavy atom. The van der Waals surface area contributed by atoms with Crippen LogP contribution in [0.2, 0.25) is 0 Å². The van der Waals surface area contributed by atoms with Gasteiger partial charge in [-0.1, -0.05) is 66.7 Å². The topological polar surface area (TPSA) is 159 Å². The molecule has 12 heteroatoms. The molecule has 0 radical (unpaired) electrons. The summed E-state index contributed by atoms with van der Waals surface area (Å²) < 4.78 is 26.7. The maximum Gasteiger partial charge on any atom is 0.407 e. The summed E-state index contributed by atoms with van der Waals surface area (Å²) in [4.78, 5) is 59.0. The number of amides is 2. The lowest BCUT2D eigenvalue weighted by Gasteiger charge is -2.17. The molecular weight excluding hydrogens is 716 g/mol. The van der Waals surface area contributed by atoms with Crippen molar-refractivity contribution in [2.24, 2.45) is 0 Å². The van der Waals surface area contributed by atoms with Crippen LogP contribution in [0.4, 0.5) is 4.79 Å². The average Bonchev–Trinajstić information content (AvgIpc) is 3.54. The zero-order valence-corrected chi connectivity index (χ0v) is 31.1. The van der Waals surface area contributed by atoms with E-state index in [9.17, 15) is 24.0 Å². The number of rotatable bonds is 11. The fourth-order valence-electron chi connectivity index (χ4n) is 6.57. The van der Waals surface area contributed by atoms with Gasteiger partial charge in [-0.3, -0.25) is 9.59 Å². The normalized spacial score (nSPS) is 11.4. The zero-order chi connectivity index (χ0) is 39.6. The van der Waals surface area contributed by atoms with Gasteiger partial charge in [0.1, 0.15) is 23.7 Å². The summed E-state index contributed by atoms with van der Waals surface area (Å²) in [5.41, 5.74) is 7.43. The molecule has 2 amide bonds. The minimum absolute atomic E-state index is 0.0436. The molecule has 7 rings (SSSR count). The number of nitrogens with one attached hydrogen (secondary N) is 2.